The Labute approximate surface area is 460 Å². The van der Waals surface area contributed by atoms with E-state index in [9.17, 15) is 14.4 Å². The van der Waals surface area contributed by atoms with Crippen molar-refractivity contribution in [2.24, 2.45) is 0 Å². The van der Waals surface area contributed by atoms with Crippen LogP contribution in [-0.2, 0) is 28.6 Å². The van der Waals surface area contributed by atoms with Gasteiger partial charge in [0, 0.05) is 19.3 Å². The molecule has 0 aromatic heterocycles. The first-order chi connectivity index (χ1) is 36.5. The molecule has 0 aromatic rings. The van der Waals surface area contributed by atoms with Gasteiger partial charge in [-0.2, -0.15) is 0 Å². The molecule has 0 heterocycles. The predicted molar refractivity (Wildman–Crippen MR) is 321 cm³/mol. The van der Waals surface area contributed by atoms with Gasteiger partial charge in [-0.25, -0.2) is 0 Å². The monoisotopic (exact) mass is 1040 g/mol. The van der Waals surface area contributed by atoms with Crippen molar-refractivity contribution in [3.05, 3.63) is 48.6 Å². The standard InChI is InChI=1S/C68H124O6/c1-4-7-10-13-16-19-22-25-28-30-31-32-33-34-35-36-37-38-41-43-46-49-52-55-58-61-67(70)73-64-65(63-72-66(69)60-57-54-51-48-45-42-39-27-24-21-18-15-12-9-6-3)74-68(71)62-59-56-53-50-47-44-40-29-26-23-20-17-14-11-8-5-2/h22,25,27,30-31,33-34,39,65H,4-21,23-24,26,28-29,32,35-38,40-64H2,1-3H3/b25-22-,31-30-,34-33-,39-27-. The van der Waals surface area contributed by atoms with E-state index in [4.69, 9.17) is 14.2 Å². The maximum atomic E-state index is 12.9. The highest BCUT2D eigenvalue weighted by Crippen LogP contribution is 2.17. The highest BCUT2D eigenvalue weighted by atomic mass is 16.6. The van der Waals surface area contributed by atoms with Crippen LogP contribution in [0.15, 0.2) is 48.6 Å². The summed E-state index contributed by atoms with van der Waals surface area (Å²) >= 11 is 0. The van der Waals surface area contributed by atoms with Crippen molar-refractivity contribution in [3.63, 3.8) is 0 Å². The quantitative estimate of drug-likeness (QED) is 0.0261. The van der Waals surface area contributed by atoms with E-state index in [0.29, 0.717) is 19.3 Å². The number of hydrogen-bond donors (Lipinski definition) is 0. The maximum Gasteiger partial charge on any atom is 0.306 e. The minimum atomic E-state index is -0.776. The molecule has 6 nitrogen and oxygen atoms in total. The van der Waals surface area contributed by atoms with E-state index in [2.05, 4.69) is 69.4 Å². The zero-order chi connectivity index (χ0) is 53.6. The second-order valence-corrected chi connectivity index (χ2v) is 22.0. The lowest BCUT2D eigenvalue weighted by Crippen LogP contribution is -2.30. The third kappa shape index (κ3) is 60.2. The number of rotatable bonds is 60. The number of carbonyl (C=O) groups excluding carboxylic acids is 3. The first kappa shape index (κ1) is 71.4. The van der Waals surface area contributed by atoms with Gasteiger partial charge in [0.1, 0.15) is 13.2 Å². The Morgan fingerprint density at radius 3 is 0.770 bits per heavy atom. The van der Waals surface area contributed by atoms with E-state index in [0.717, 1.165) is 77.0 Å². The highest BCUT2D eigenvalue weighted by Gasteiger charge is 2.19. The van der Waals surface area contributed by atoms with Gasteiger partial charge in [-0.3, -0.25) is 14.4 Å². The molecule has 0 saturated carbocycles. The topological polar surface area (TPSA) is 78.9 Å². The molecule has 0 fully saturated rings. The molecule has 1 atom stereocenters. The lowest BCUT2D eigenvalue weighted by molar-refractivity contribution is -0.167. The maximum absolute atomic E-state index is 12.9. The van der Waals surface area contributed by atoms with Gasteiger partial charge in [0.2, 0.25) is 0 Å². The van der Waals surface area contributed by atoms with Crippen LogP contribution in [-0.4, -0.2) is 37.2 Å². The molecular formula is C68H124O6. The number of ether oxygens (including phenoxy) is 3. The first-order valence-corrected chi connectivity index (χ1v) is 32.6. The van der Waals surface area contributed by atoms with Gasteiger partial charge in [-0.15, -0.1) is 0 Å². The summed E-state index contributed by atoms with van der Waals surface area (Å²) in [6.07, 6.45) is 78.3. The summed E-state index contributed by atoms with van der Waals surface area (Å²) < 4.78 is 16.9. The lowest BCUT2D eigenvalue weighted by Gasteiger charge is -2.18. The predicted octanol–water partition coefficient (Wildman–Crippen LogP) is 22.2. The van der Waals surface area contributed by atoms with Crippen LogP contribution in [0.25, 0.3) is 0 Å². The number of carbonyl (C=O) groups is 3. The lowest BCUT2D eigenvalue weighted by atomic mass is 10.0. The van der Waals surface area contributed by atoms with Crippen LogP contribution >= 0.6 is 0 Å². The van der Waals surface area contributed by atoms with Crippen molar-refractivity contribution in [3.8, 4) is 0 Å². The van der Waals surface area contributed by atoms with Gasteiger partial charge in [0.25, 0.3) is 0 Å². The molecule has 0 N–H and O–H groups in total. The molecule has 0 aromatic carbocycles. The Morgan fingerprint density at radius 2 is 0.486 bits per heavy atom. The number of allylic oxidation sites excluding steroid dienone is 8. The summed E-state index contributed by atoms with van der Waals surface area (Å²) in [4.78, 5) is 38.3. The highest BCUT2D eigenvalue weighted by molar-refractivity contribution is 5.71. The molecule has 74 heavy (non-hydrogen) atoms. The van der Waals surface area contributed by atoms with Crippen molar-refractivity contribution in [2.45, 2.75) is 354 Å². The van der Waals surface area contributed by atoms with Gasteiger partial charge in [-0.1, -0.05) is 294 Å². The van der Waals surface area contributed by atoms with Crippen molar-refractivity contribution in [1.82, 2.24) is 0 Å². The summed E-state index contributed by atoms with van der Waals surface area (Å²) in [6.45, 7) is 6.67. The SMILES string of the molecule is CCCCCCC/C=C\C/C=C\C/C=C\CCCCCCCCCCCCC(=O)OCC(COC(=O)CCCCCCC/C=C\CCCCCCCC)OC(=O)CCCCCCCCCCCCCCCCCC. The second kappa shape index (κ2) is 62.9. The van der Waals surface area contributed by atoms with Crippen LogP contribution in [0.5, 0.6) is 0 Å². The zero-order valence-corrected chi connectivity index (χ0v) is 49.6. The van der Waals surface area contributed by atoms with Crippen LogP contribution in [0, 0.1) is 0 Å². The van der Waals surface area contributed by atoms with Gasteiger partial charge in [0.05, 0.1) is 0 Å². The number of esters is 3. The van der Waals surface area contributed by atoms with E-state index in [1.807, 2.05) is 0 Å². The summed E-state index contributed by atoms with van der Waals surface area (Å²) in [5.41, 5.74) is 0. The van der Waals surface area contributed by atoms with Crippen LogP contribution in [0.4, 0.5) is 0 Å². The Balaban J connectivity index is 4.30. The molecule has 432 valence electrons. The summed E-state index contributed by atoms with van der Waals surface area (Å²) in [5, 5.41) is 0. The van der Waals surface area contributed by atoms with E-state index < -0.39 is 6.10 Å². The van der Waals surface area contributed by atoms with Crippen molar-refractivity contribution < 1.29 is 28.6 Å². The molecule has 0 saturated heterocycles. The van der Waals surface area contributed by atoms with Gasteiger partial charge in [0.15, 0.2) is 6.10 Å². The molecule has 0 bridgehead atoms. The Kier molecular flexibility index (Phi) is 60.7. The van der Waals surface area contributed by atoms with Crippen LogP contribution in [0.3, 0.4) is 0 Å². The molecule has 6 heteroatoms. The zero-order valence-electron chi connectivity index (χ0n) is 49.6. The minimum Gasteiger partial charge on any atom is -0.462 e. The third-order valence-corrected chi connectivity index (χ3v) is 14.6. The van der Waals surface area contributed by atoms with Crippen molar-refractivity contribution in [2.75, 3.05) is 13.2 Å². The second-order valence-electron chi connectivity index (χ2n) is 22.0. The van der Waals surface area contributed by atoms with E-state index in [1.54, 1.807) is 0 Å². The van der Waals surface area contributed by atoms with Crippen molar-refractivity contribution >= 4 is 17.9 Å². The Morgan fingerprint density at radius 1 is 0.270 bits per heavy atom. The summed E-state index contributed by atoms with van der Waals surface area (Å²) in [6, 6.07) is 0. The molecule has 0 rings (SSSR count). The van der Waals surface area contributed by atoms with E-state index in [-0.39, 0.29) is 31.1 Å². The Bertz CT molecular complexity index is 1280. The molecule has 0 aliphatic heterocycles. The molecule has 0 amide bonds. The normalized spacial score (nSPS) is 12.3. The largest absolute Gasteiger partial charge is 0.462 e. The molecule has 0 aliphatic carbocycles. The van der Waals surface area contributed by atoms with E-state index >= 15 is 0 Å². The van der Waals surface area contributed by atoms with Crippen molar-refractivity contribution in [1.29, 1.82) is 0 Å². The van der Waals surface area contributed by atoms with Gasteiger partial charge in [-0.05, 0) is 83.5 Å². The van der Waals surface area contributed by atoms with Gasteiger partial charge >= 0.3 is 17.9 Å². The molecule has 0 spiro atoms. The number of hydrogen-bond acceptors (Lipinski definition) is 6. The molecular weight excluding hydrogens is 913 g/mol. The first-order valence-electron chi connectivity index (χ1n) is 32.6. The fraction of sp³-hybridized carbons (Fsp3) is 0.838. The van der Waals surface area contributed by atoms with Crippen LogP contribution < -0.4 is 0 Å². The fourth-order valence-electron chi connectivity index (χ4n) is 9.62. The van der Waals surface area contributed by atoms with Crippen LogP contribution in [0.2, 0.25) is 0 Å². The fourth-order valence-corrected chi connectivity index (χ4v) is 9.62. The average molecular weight is 1040 g/mol. The smallest absolute Gasteiger partial charge is 0.306 e. The average Bonchev–Trinajstić information content (AvgIpc) is 3.40. The molecule has 0 radical (unpaired) electrons. The van der Waals surface area contributed by atoms with E-state index in [1.165, 1.54) is 231 Å². The summed E-state index contributed by atoms with van der Waals surface area (Å²) in [7, 11) is 0. The van der Waals surface area contributed by atoms with Crippen LogP contribution in [0.1, 0.15) is 348 Å². The minimum absolute atomic E-state index is 0.0741. The number of unbranched alkanes of at least 4 members (excludes halogenated alkanes) is 41. The molecule has 1 unspecified atom stereocenters. The molecule has 0 aliphatic rings. The van der Waals surface area contributed by atoms with Gasteiger partial charge < -0.3 is 14.2 Å². The third-order valence-electron chi connectivity index (χ3n) is 14.6. The Hall–Kier alpha value is -2.63. The summed E-state index contributed by atoms with van der Waals surface area (Å²) in [5.74, 6) is -0.864.